The van der Waals surface area contributed by atoms with Crippen molar-refractivity contribution in [1.82, 2.24) is 0 Å². The van der Waals surface area contributed by atoms with Crippen molar-refractivity contribution in [2.45, 2.75) is 32.5 Å². The fourth-order valence-corrected chi connectivity index (χ4v) is 3.29. The lowest BCUT2D eigenvalue weighted by Gasteiger charge is -2.23. The van der Waals surface area contributed by atoms with Gasteiger partial charge in [0.05, 0.1) is 6.61 Å². The Hall–Kier alpha value is -3.02. The molecule has 6 heteroatoms. The van der Waals surface area contributed by atoms with Crippen LogP contribution in [-0.4, -0.2) is 30.0 Å². The van der Waals surface area contributed by atoms with E-state index in [0.717, 1.165) is 11.1 Å². The van der Waals surface area contributed by atoms with Gasteiger partial charge < -0.3 is 9.47 Å². The molecule has 0 amide bonds. The summed E-state index contributed by atoms with van der Waals surface area (Å²) in [5.74, 6) is -5.19. The molecule has 5 nitrogen and oxygen atoms in total. The maximum atomic E-state index is 16.0. The first-order valence-electron chi connectivity index (χ1n) is 9.03. The molecule has 1 aliphatic rings. The Morgan fingerprint density at radius 3 is 2.11 bits per heavy atom. The summed E-state index contributed by atoms with van der Waals surface area (Å²) >= 11 is 0. The molecule has 3 atom stereocenters. The lowest BCUT2D eigenvalue weighted by molar-refractivity contribution is -0.153. The van der Waals surface area contributed by atoms with Crippen LogP contribution in [0.1, 0.15) is 40.1 Å². The van der Waals surface area contributed by atoms with E-state index in [-0.39, 0.29) is 12.2 Å². The van der Waals surface area contributed by atoms with Crippen molar-refractivity contribution in [3.63, 3.8) is 0 Å². The number of ketones is 1. The Balaban J connectivity index is 2.07. The minimum Gasteiger partial charge on any atom is -0.466 e. The summed E-state index contributed by atoms with van der Waals surface area (Å²) in [6.07, 6.45) is -1.24. The van der Waals surface area contributed by atoms with Gasteiger partial charge in [-0.05, 0) is 26.3 Å². The molecule has 1 fully saturated rings. The summed E-state index contributed by atoms with van der Waals surface area (Å²) in [4.78, 5) is 38.1. The molecule has 1 aliphatic heterocycles. The van der Waals surface area contributed by atoms with Crippen LogP contribution >= 0.6 is 0 Å². The smallest absolute Gasteiger partial charge is 0.353 e. The standard InChI is InChI=1S/C22H21FO5/c1-4-27-20(25)17-18(15-9-5-13(2)6-10-15)28-21(26)22(17,23)19(24)16-11-7-14(3)8-12-16/h5-12,17-18H,4H2,1-3H3/t17-,18-,22+/m0/s1. The van der Waals surface area contributed by atoms with Gasteiger partial charge in [0.1, 0.15) is 6.10 Å². The number of carbonyl (C=O) groups excluding carboxylic acids is 3. The first kappa shape index (κ1) is 19.7. The number of ether oxygens (including phenoxy) is 2. The largest absolute Gasteiger partial charge is 0.466 e. The third-order valence-corrected chi connectivity index (χ3v) is 4.85. The van der Waals surface area contributed by atoms with Gasteiger partial charge in [-0.15, -0.1) is 0 Å². The minimum atomic E-state index is -3.16. The second kappa shape index (κ2) is 7.54. The zero-order valence-corrected chi connectivity index (χ0v) is 15.9. The number of benzene rings is 2. The summed E-state index contributed by atoms with van der Waals surface area (Å²) in [5, 5.41) is 0. The lowest BCUT2D eigenvalue weighted by Crippen LogP contribution is -2.48. The van der Waals surface area contributed by atoms with Gasteiger partial charge in [0, 0.05) is 5.56 Å². The average molecular weight is 384 g/mol. The van der Waals surface area contributed by atoms with Gasteiger partial charge in [-0.3, -0.25) is 9.59 Å². The molecule has 3 rings (SSSR count). The van der Waals surface area contributed by atoms with E-state index >= 15 is 4.39 Å². The normalized spacial score (nSPS) is 23.9. The van der Waals surface area contributed by atoms with Crippen LogP contribution in [-0.2, 0) is 19.1 Å². The minimum absolute atomic E-state index is 0.0103. The van der Waals surface area contributed by atoms with E-state index in [1.165, 1.54) is 12.1 Å². The topological polar surface area (TPSA) is 69.7 Å². The second-order valence-electron chi connectivity index (χ2n) is 6.87. The Morgan fingerprint density at radius 1 is 1.04 bits per heavy atom. The van der Waals surface area contributed by atoms with E-state index in [0.29, 0.717) is 5.56 Å². The highest BCUT2D eigenvalue weighted by molar-refractivity contribution is 6.19. The van der Waals surface area contributed by atoms with E-state index in [9.17, 15) is 14.4 Å². The van der Waals surface area contributed by atoms with E-state index in [1.807, 2.05) is 13.8 Å². The predicted molar refractivity (Wildman–Crippen MR) is 99.5 cm³/mol. The molecule has 2 aromatic rings. The number of Topliss-reactive ketones (excluding diaryl/α,β-unsaturated/α-hetero) is 1. The van der Waals surface area contributed by atoms with E-state index in [4.69, 9.17) is 9.47 Å². The fraction of sp³-hybridized carbons (Fsp3) is 0.318. The van der Waals surface area contributed by atoms with Crippen LogP contribution in [0, 0.1) is 19.8 Å². The highest BCUT2D eigenvalue weighted by atomic mass is 19.1. The first-order chi connectivity index (χ1) is 13.3. The van der Waals surface area contributed by atoms with Gasteiger partial charge in [0.15, 0.2) is 5.92 Å². The second-order valence-corrected chi connectivity index (χ2v) is 6.87. The number of halogens is 1. The third-order valence-electron chi connectivity index (χ3n) is 4.85. The number of aryl methyl sites for hydroxylation is 2. The molecule has 28 heavy (non-hydrogen) atoms. The zero-order valence-electron chi connectivity index (χ0n) is 15.9. The predicted octanol–water partition coefficient (Wildman–Crippen LogP) is 3.67. The van der Waals surface area contributed by atoms with Crippen molar-refractivity contribution in [3.8, 4) is 0 Å². The molecule has 1 heterocycles. The molecular weight excluding hydrogens is 363 g/mol. The number of alkyl halides is 1. The Kier molecular flexibility index (Phi) is 5.31. The van der Waals surface area contributed by atoms with Crippen molar-refractivity contribution in [3.05, 3.63) is 70.8 Å². The molecule has 0 bridgehead atoms. The fourth-order valence-electron chi connectivity index (χ4n) is 3.29. The molecule has 0 aromatic heterocycles. The number of rotatable bonds is 5. The van der Waals surface area contributed by atoms with Gasteiger partial charge >= 0.3 is 11.9 Å². The van der Waals surface area contributed by atoms with Gasteiger partial charge in [-0.2, -0.15) is 0 Å². The van der Waals surface area contributed by atoms with Crippen LogP contribution in [0.25, 0.3) is 0 Å². The van der Waals surface area contributed by atoms with Crippen molar-refractivity contribution < 1.29 is 28.2 Å². The van der Waals surface area contributed by atoms with Crippen LogP contribution in [0.2, 0.25) is 0 Å². The molecule has 0 unspecified atom stereocenters. The summed E-state index contributed by atoms with van der Waals surface area (Å²) < 4.78 is 26.2. The van der Waals surface area contributed by atoms with Gasteiger partial charge in [0.2, 0.25) is 5.78 Å². The van der Waals surface area contributed by atoms with Gasteiger partial charge in [0.25, 0.3) is 5.67 Å². The quantitative estimate of drug-likeness (QED) is 0.447. The Labute approximate surface area is 162 Å². The molecule has 2 aromatic carbocycles. The van der Waals surface area contributed by atoms with Crippen molar-refractivity contribution in [2.75, 3.05) is 6.61 Å². The van der Waals surface area contributed by atoms with Crippen LogP contribution < -0.4 is 0 Å². The van der Waals surface area contributed by atoms with Gasteiger partial charge in [-0.1, -0.05) is 59.7 Å². The number of hydrogen-bond acceptors (Lipinski definition) is 5. The van der Waals surface area contributed by atoms with Crippen molar-refractivity contribution in [2.24, 2.45) is 5.92 Å². The third kappa shape index (κ3) is 3.30. The van der Waals surface area contributed by atoms with Crippen LogP contribution in [0.15, 0.2) is 48.5 Å². The molecule has 0 radical (unpaired) electrons. The molecule has 0 saturated carbocycles. The van der Waals surface area contributed by atoms with E-state index in [1.54, 1.807) is 43.3 Å². The number of cyclic esters (lactones) is 1. The van der Waals surface area contributed by atoms with Crippen LogP contribution in [0.3, 0.4) is 0 Å². The molecule has 0 aliphatic carbocycles. The molecule has 1 saturated heterocycles. The van der Waals surface area contributed by atoms with Crippen LogP contribution in [0.4, 0.5) is 4.39 Å². The summed E-state index contributed by atoms with van der Waals surface area (Å²) in [7, 11) is 0. The lowest BCUT2D eigenvalue weighted by atomic mass is 9.79. The van der Waals surface area contributed by atoms with Gasteiger partial charge in [-0.25, -0.2) is 9.18 Å². The molecule has 146 valence electrons. The van der Waals surface area contributed by atoms with Crippen molar-refractivity contribution in [1.29, 1.82) is 0 Å². The zero-order chi connectivity index (χ0) is 20.5. The Bertz CT molecular complexity index is 904. The molecular formula is C22H21FO5. The number of esters is 2. The van der Waals surface area contributed by atoms with Crippen molar-refractivity contribution >= 4 is 17.7 Å². The molecule has 0 spiro atoms. The SMILES string of the molecule is CCOC(=O)[C@@H]1[C@H](c2ccc(C)cc2)OC(=O)[C@]1(F)C(=O)c1ccc(C)cc1. The number of carbonyl (C=O) groups is 3. The highest BCUT2D eigenvalue weighted by Gasteiger charge is 2.67. The number of hydrogen-bond donors (Lipinski definition) is 0. The maximum absolute atomic E-state index is 16.0. The highest BCUT2D eigenvalue weighted by Crippen LogP contribution is 2.46. The molecule has 0 N–H and O–H groups in total. The summed E-state index contributed by atoms with van der Waals surface area (Å²) in [5.41, 5.74) is -0.921. The van der Waals surface area contributed by atoms with E-state index in [2.05, 4.69) is 0 Å². The monoisotopic (exact) mass is 384 g/mol. The maximum Gasteiger partial charge on any atom is 0.353 e. The summed E-state index contributed by atoms with van der Waals surface area (Å²) in [6.45, 7) is 5.24. The van der Waals surface area contributed by atoms with Crippen LogP contribution in [0.5, 0.6) is 0 Å². The summed E-state index contributed by atoms with van der Waals surface area (Å²) in [6, 6.07) is 12.9. The average Bonchev–Trinajstić information content (AvgIpc) is 2.95. The first-order valence-corrected chi connectivity index (χ1v) is 9.03. The van der Waals surface area contributed by atoms with E-state index < -0.39 is 35.4 Å². The Morgan fingerprint density at radius 2 is 1.57 bits per heavy atom.